The molecule has 3 rings (SSSR count). The summed E-state index contributed by atoms with van der Waals surface area (Å²) >= 11 is 0. The molecule has 0 atom stereocenters. The topological polar surface area (TPSA) is 47.0 Å². The van der Waals surface area contributed by atoms with E-state index < -0.39 is 0 Å². The fraction of sp³-hybridized carbons (Fsp3) is 0.750. The lowest BCUT2D eigenvalue weighted by Crippen LogP contribution is -2.33. The first-order chi connectivity index (χ1) is 9.75. The van der Waals surface area contributed by atoms with Crippen LogP contribution < -0.4 is 5.32 Å². The third-order valence-electron chi connectivity index (χ3n) is 4.85. The summed E-state index contributed by atoms with van der Waals surface area (Å²) in [6.45, 7) is 4.03. The maximum absolute atomic E-state index is 5.95. The van der Waals surface area contributed by atoms with Crippen molar-refractivity contribution in [1.82, 2.24) is 15.3 Å². The highest BCUT2D eigenvalue weighted by Crippen LogP contribution is 2.37. The van der Waals surface area contributed by atoms with Crippen LogP contribution in [0.15, 0.2) is 0 Å². The zero-order chi connectivity index (χ0) is 14.0. The standard InChI is InChI=1S/C16H25N3O/c1-12-13-11-17-10-7-14(13)19-15(18-12)16(20-2)8-5-3-4-6-9-16/h17H,3-11H2,1-2H3. The molecule has 2 heterocycles. The highest BCUT2D eigenvalue weighted by atomic mass is 16.5. The molecule has 110 valence electrons. The van der Waals surface area contributed by atoms with Crippen molar-refractivity contribution in [3.05, 3.63) is 22.8 Å². The van der Waals surface area contributed by atoms with E-state index in [2.05, 4.69) is 12.2 Å². The molecule has 4 heteroatoms. The van der Waals surface area contributed by atoms with Crippen LogP contribution in [-0.4, -0.2) is 23.6 Å². The van der Waals surface area contributed by atoms with Crippen molar-refractivity contribution in [2.24, 2.45) is 0 Å². The van der Waals surface area contributed by atoms with Crippen LogP contribution in [0.4, 0.5) is 0 Å². The molecule has 0 spiro atoms. The number of aryl methyl sites for hydroxylation is 1. The molecular formula is C16H25N3O. The lowest BCUT2D eigenvalue weighted by Gasteiger charge is -2.31. The number of hydrogen-bond acceptors (Lipinski definition) is 4. The molecule has 1 saturated carbocycles. The largest absolute Gasteiger partial charge is 0.370 e. The molecule has 1 N–H and O–H groups in total. The maximum atomic E-state index is 5.95. The van der Waals surface area contributed by atoms with Gasteiger partial charge in [-0.15, -0.1) is 0 Å². The van der Waals surface area contributed by atoms with E-state index in [1.807, 2.05) is 7.11 Å². The average Bonchev–Trinajstić information content (AvgIpc) is 2.73. The molecule has 4 nitrogen and oxygen atoms in total. The molecule has 1 aromatic rings. The van der Waals surface area contributed by atoms with Gasteiger partial charge in [0, 0.05) is 37.9 Å². The Hall–Kier alpha value is -1.00. The molecule has 1 fully saturated rings. The SMILES string of the molecule is COC1(c2nc(C)c3c(n2)CCNC3)CCCCCC1. The molecule has 1 aliphatic heterocycles. The molecule has 1 aromatic heterocycles. The molecule has 0 saturated heterocycles. The van der Waals surface area contributed by atoms with Crippen molar-refractivity contribution in [3.8, 4) is 0 Å². The number of aromatic nitrogens is 2. The van der Waals surface area contributed by atoms with Crippen molar-refractivity contribution in [2.45, 2.75) is 64.0 Å². The molecule has 0 radical (unpaired) electrons. The summed E-state index contributed by atoms with van der Waals surface area (Å²) in [6, 6.07) is 0. The van der Waals surface area contributed by atoms with E-state index >= 15 is 0 Å². The Morgan fingerprint density at radius 3 is 2.55 bits per heavy atom. The Bertz CT molecular complexity index is 479. The summed E-state index contributed by atoms with van der Waals surface area (Å²) in [5.74, 6) is 0.931. The smallest absolute Gasteiger partial charge is 0.160 e. The molecule has 20 heavy (non-hydrogen) atoms. The van der Waals surface area contributed by atoms with E-state index in [4.69, 9.17) is 14.7 Å². The van der Waals surface area contributed by atoms with Crippen molar-refractivity contribution >= 4 is 0 Å². The van der Waals surface area contributed by atoms with E-state index in [1.54, 1.807) is 0 Å². The summed E-state index contributed by atoms with van der Waals surface area (Å²) in [5.41, 5.74) is 3.39. The van der Waals surface area contributed by atoms with Gasteiger partial charge in [-0.3, -0.25) is 0 Å². The van der Waals surface area contributed by atoms with Crippen LogP contribution in [0.2, 0.25) is 0 Å². The molecule has 0 aromatic carbocycles. The van der Waals surface area contributed by atoms with Crippen LogP contribution in [0.3, 0.4) is 0 Å². The third kappa shape index (κ3) is 2.47. The van der Waals surface area contributed by atoms with Crippen LogP contribution in [-0.2, 0) is 23.3 Å². The van der Waals surface area contributed by atoms with Crippen LogP contribution >= 0.6 is 0 Å². The van der Waals surface area contributed by atoms with Gasteiger partial charge in [0.05, 0.1) is 5.69 Å². The lowest BCUT2D eigenvalue weighted by molar-refractivity contribution is -0.0355. The second-order valence-corrected chi connectivity index (χ2v) is 6.10. The Morgan fingerprint density at radius 2 is 1.85 bits per heavy atom. The fourth-order valence-electron chi connectivity index (χ4n) is 3.53. The van der Waals surface area contributed by atoms with Crippen LogP contribution in [0, 0.1) is 6.92 Å². The molecule has 0 bridgehead atoms. The van der Waals surface area contributed by atoms with E-state index in [0.717, 1.165) is 43.9 Å². The number of methoxy groups -OCH3 is 1. The Balaban J connectivity index is 2.01. The summed E-state index contributed by atoms with van der Waals surface area (Å²) < 4.78 is 5.95. The van der Waals surface area contributed by atoms with E-state index in [1.165, 1.54) is 36.9 Å². The monoisotopic (exact) mass is 275 g/mol. The summed E-state index contributed by atoms with van der Waals surface area (Å²) in [7, 11) is 1.82. The molecular weight excluding hydrogens is 250 g/mol. The van der Waals surface area contributed by atoms with Gasteiger partial charge in [-0.1, -0.05) is 25.7 Å². The molecule has 1 aliphatic carbocycles. The number of nitrogens with one attached hydrogen (secondary N) is 1. The second-order valence-electron chi connectivity index (χ2n) is 6.10. The van der Waals surface area contributed by atoms with Gasteiger partial charge < -0.3 is 10.1 Å². The predicted molar refractivity (Wildman–Crippen MR) is 78.6 cm³/mol. The van der Waals surface area contributed by atoms with Gasteiger partial charge in [-0.2, -0.15) is 0 Å². The maximum Gasteiger partial charge on any atom is 0.160 e. The van der Waals surface area contributed by atoms with E-state index in [0.29, 0.717) is 0 Å². The summed E-state index contributed by atoms with van der Waals surface area (Å²) in [6.07, 6.45) is 8.16. The van der Waals surface area contributed by atoms with Gasteiger partial charge in [-0.05, 0) is 19.8 Å². The fourth-order valence-corrected chi connectivity index (χ4v) is 3.53. The van der Waals surface area contributed by atoms with Crippen molar-refractivity contribution in [2.75, 3.05) is 13.7 Å². The number of ether oxygens (including phenoxy) is 1. The first-order valence-electron chi connectivity index (χ1n) is 7.88. The van der Waals surface area contributed by atoms with E-state index in [-0.39, 0.29) is 5.60 Å². The summed E-state index contributed by atoms with van der Waals surface area (Å²) in [4.78, 5) is 9.73. The van der Waals surface area contributed by atoms with Crippen molar-refractivity contribution in [1.29, 1.82) is 0 Å². The van der Waals surface area contributed by atoms with Crippen LogP contribution in [0.1, 0.15) is 61.3 Å². The van der Waals surface area contributed by atoms with Gasteiger partial charge in [0.25, 0.3) is 0 Å². The third-order valence-corrected chi connectivity index (χ3v) is 4.85. The zero-order valence-corrected chi connectivity index (χ0v) is 12.7. The van der Waals surface area contributed by atoms with Crippen molar-refractivity contribution in [3.63, 3.8) is 0 Å². The van der Waals surface area contributed by atoms with Gasteiger partial charge in [0.2, 0.25) is 0 Å². The normalized spacial score (nSPS) is 22.1. The first kappa shape index (κ1) is 14.0. The number of fused-ring (bicyclic) bond motifs is 1. The average molecular weight is 275 g/mol. The number of nitrogens with zero attached hydrogens (tertiary/aromatic N) is 2. The van der Waals surface area contributed by atoms with Gasteiger partial charge in [0.1, 0.15) is 5.60 Å². The first-order valence-corrected chi connectivity index (χ1v) is 7.88. The van der Waals surface area contributed by atoms with Crippen LogP contribution in [0.5, 0.6) is 0 Å². The molecule has 2 aliphatic rings. The van der Waals surface area contributed by atoms with Crippen LogP contribution in [0.25, 0.3) is 0 Å². The second kappa shape index (κ2) is 5.78. The summed E-state index contributed by atoms with van der Waals surface area (Å²) in [5, 5.41) is 3.40. The van der Waals surface area contributed by atoms with Gasteiger partial charge in [-0.25, -0.2) is 9.97 Å². The lowest BCUT2D eigenvalue weighted by atomic mass is 9.92. The predicted octanol–water partition coefficient (Wildman–Crippen LogP) is 2.63. The Labute approximate surface area is 121 Å². The minimum Gasteiger partial charge on any atom is -0.370 e. The highest BCUT2D eigenvalue weighted by molar-refractivity contribution is 5.28. The zero-order valence-electron chi connectivity index (χ0n) is 12.7. The minimum absolute atomic E-state index is 0.249. The Morgan fingerprint density at radius 1 is 1.10 bits per heavy atom. The minimum atomic E-state index is -0.249. The Kier molecular flexibility index (Phi) is 4.03. The number of hydrogen-bond donors (Lipinski definition) is 1. The quantitative estimate of drug-likeness (QED) is 0.843. The molecule has 0 unspecified atom stereocenters. The molecule has 0 amide bonds. The van der Waals surface area contributed by atoms with Gasteiger partial charge in [0.15, 0.2) is 5.82 Å². The number of rotatable bonds is 2. The highest BCUT2D eigenvalue weighted by Gasteiger charge is 2.36. The van der Waals surface area contributed by atoms with Crippen molar-refractivity contribution < 1.29 is 4.74 Å². The van der Waals surface area contributed by atoms with Gasteiger partial charge >= 0.3 is 0 Å². The van der Waals surface area contributed by atoms with E-state index in [9.17, 15) is 0 Å².